The van der Waals surface area contributed by atoms with Crippen LogP contribution in [0.3, 0.4) is 0 Å². The lowest BCUT2D eigenvalue weighted by Crippen LogP contribution is -2.20. The molecule has 30 heavy (non-hydrogen) atoms. The molecule has 0 spiro atoms. The number of carbonyl (C=O) groups is 1. The SMILES string of the molecule is COc1ccccc1C(=O)Nc1c(NCc2ccccc2)c2ccccc2oc1=O. The summed E-state index contributed by atoms with van der Waals surface area (Å²) < 4.78 is 10.7. The smallest absolute Gasteiger partial charge is 0.362 e. The first-order valence-corrected chi connectivity index (χ1v) is 9.45. The van der Waals surface area contributed by atoms with E-state index in [2.05, 4.69) is 10.6 Å². The minimum Gasteiger partial charge on any atom is -0.496 e. The summed E-state index contributed by atoms with van der Waals surface area (Å²) >= 11 is 0. The van der Waals surface area contributed by atoms with E-state index in [4.69, 9.17) is 9.15 Å². The van der Waals surface area contributed by atoms with E-state index in [0.717, 1.165) is 5.56 Å². The third-order valence-electron chi connectivity index (χ3n) is 4.72. The number of hydrogen-bond acceptors (Lipinski definition) is 5. The van der Waals surface area contributed by atoms with E-state index >= 15 is 0 Å². The summed E-state index contributed by atoms with van der Waals surface area (Å²) in [6.07, 6.45) is 0. The Kier molecular flexibility index (Phi) is 5.48. The molecule has 3 aromatic carbocycles. The van der Waals surface area contributed by atoms with E-state index in [9.17, 15) is 9.59 Å². The van der Waals surface area contributed by atoms with Gasteiger partial charge in [0.05, 0.1) is 18.4 Å². The minimum absolute atomic E-state index is 0.0561. The molecule has 0 aliphatic carbocycles. The number of anilines is 2. The number of benzene rings is 3. The lowest BCUT2D eigenvalue weighted by molar-refractivity contribution is 0.102. The molecule has 0 saturated heterocycles. The Labute approximate surface area is 173 Å². The van der Waals surface area contributed by atoms with Gasteiger partial charge in [0, 0.05) is 11.9 Å². The van der Waals surface area contributed by atoms with Gasteiger partial charge in [0.2, 0.25) is 0 Å². The lowest BCUT2D eigenvalue weighted by atomic mass is 10.1. The summed E-state index contributed by atoms with van der Waals surface area (Å²) in [5.41, 5.74) is 1.73. The fourth-order valence-corrected chi connectivity index (χ4v) is 3.25. The molecule has 0 unspecified atom stereocenters. The lowest BCUT2D eigenvalue weighted by Gasteiger charge is -2.15. The van der Waals surface area contributed by atoms with Crippen LogP contribution >= 0.6 is 0 Å². The molecule has 0 aliphatic rings. The molecule has 0 aliphatic heterocycles. The van der Waals surface area contributed by atoms with Gasteiger partial charge in [-0.25, -0.2) is 4.79 Å². The van der Waals surface area contributed by atoms with Crippen LogP contribution in [0.2, 0.25) is 0 Å². The summed E-state index contributed by atoms with van der Waals surface area (Å²) in [7, 11) is 1.49. The summed E-state index contributed by atoms with van der Waals surface area (Å²) in [5, 5.41) is 6.70. The maximum absolute atomic E-state index is 12.9. The predicted molar refractivity (Wildman–Crippen MR) is 117 cm³/mol. The van der Waals surface area contributed by atoms with E-state index in [0.29, 0.717) is 34.5 Å². The highest BCUT2D eigenvalue weighted by Crippen LogP contribution is 2.30. The maximum Gasteiger partial charge on any atom is 0.362 e. The Morgan fingerprint density at radius 2 is 1.60 bits per heavy atom. The Bertz CT molecular complexity index is 1250. The molecule has 1 heterocycles. The van der Waals surface area contributed by atoms with Crippen molar-refractivity contribution in [2.75, 3.05) is 17.7 Å². The molecule has 0 fully saturated rings. The molecule has 6 nitrogen and oxygen atoms in total. The van der Waals surface area contributed by atoms with E-state index in [1.54, 1.807) is 36.4 Å². The van der Waals surface area contributed by atoms with Gasteiger partial charge < -0.3 is 19.8 Å². The first-order valence-electron chi connectivity index (χ1n) is 9.45. The van der Waals surface area contributed by atoms with Crippen LogP contribution in [0.4, 0.5) is 11.4 Å². The topological polar surface area (TPSA) is 80.6 Å². The zero-order chi connectivity index (χ0) is 20.9. The van der Waals surface area contributed by atoms with Crippen LogP contribution in [0.1, 0.15) is 15.9 Å². The summed E-state index contributed by atoms with van der Waals surface area (Å²) in [5.74, 6) is -0.0447. The standard InChI is InChI=1S/C24H20N2O4/c1-29-19-13-7-6-12-18(19)23(27)26-22-21(25-15-16-9-3-2-4-10-16)17-11-5-8-14-20(17)30-24(22)28/h2-14,25H,15H2,1H3,(H,26,27). The molecule has 4 rings (SSSR count). The number of hydrogen-bond donors (Lipinski definition) is 2. The largest absolute Gasteiger partial charge is 0.496 e. The van der Waals surface area contributed by atoms with Gasteiger partial charge in [-0.1, -0.05) is 54.6 Å². The maximum atomic E-state index is 12.9. The van der Waals surface area contributed by atoms with Gasteiger partial charge in [0.1, 0.15) is 11.3 Å². The van der Waals surface area contributed by atoms with Crippen molar-refractivity contribution in [1.82, 2.24) is 0 Å². The van der Waals surface area contributed by atoms with Crippen molar-refractivity contribution in [3.63, 3.8) is 0 Å². The van der Waals surface area contributed by atoms with Crippen molar-refractivity contribution in [3.05, 3.63) is 100 Å². The van der Waals surface area contributed by atoms with Gasteiger partial charge in [-0.3, -0.25) is 4.79 Å². The second-order valence-corrected chi connectivity index (χ2v) is 6.63. The average molecular weight is 400 g/mol. The molecule has 0 saturated carbocycles. The quantitative estimate of drug-likeness (QED) is 0.460. The van der Waals surface area contributed by atoms with E-state index in [-0.39, 0.29) is 5.69 Å². The zero-order valence-corrected chi connectivity index (χ0v) is 16.3. The minimum atomic E-state index is -0.632. The summed E-state index contributed by atoms with van der Waals surface area (Å²) in [4.78, 5) is 25.6. The fourth-order valence-electron chi connectivity index (χ4n) is 3.25. The first kappa shape index (κ1) is 19.3. The predicted octanol–water partition coefficient (Wildman–Crippen LogP) is 4.67. The van der Waals surface area contributed by atoms with Crippen molar-refractivity contribution < 1.29 is 13.9 Å². The van der Waals surface area contributed by atoms with E-state index < -0.39 is 11.5 Å². The van der Waals surface area contributed by atoms with Crippen LogP contribution in [0.15, 0.2) is 88.1 Å². The van der Waals surface area contributed by atoms with Crippen molar-refractivity contribution in [2.45, 2.75) is 6.54 Å². The van der Waals surface area contributed by atoms with Gasteiger partial charge >= 0.3 is 5.63 Å². The molecular weight excluding hydrogens is 380 g/mol. The van der Waals surface area contributed by atoms with Gasteiger partial charge in [-0.15, -0.1) is 0 Å². The number of rotatable bonds is 6. The molecule has 4 aromatic rings. The normalized spacial score (nSPS) is 10.6. The highest BCUT2D eigenvalue weighted by molar-refractivity contribution is 6.09. The van der Waals surface area contributed by atoms with Gasteiger partial charge in [-0.2, -0.15) is 0 Å². The number of methoxy groups -OCH3 is 1. The van der Waals surface area contributed by atoms with Crippen molar-refractivity contribution in [3.8, 4) is 5.75 Å². The molecule has 2 N–H and O–H groups in total. The molecular formula is C24H20N2O4. The number of ether oxygens (including phenoxy) is 1. The van der Waals surface area contributed by atoms with Crippen LogP contribution in [0.5, 0.6) is 5.75 Å². The van der Waals surface area contributed by atoms with Gasteiger partial charge in [-0.05, 0) is 29.8 Å². The van der Waals surface area contributed by atoms with Crippen LogP contribution < -0.4 is 21.0 Å². The molecule has 1 amide bonds. The molecule has 150 valence electrons. The highest BCUT2D eigenvalue weighted by Gasteiger charge is 2.19. The molecule has 6 heteroatoms. The Balaban J connectivity index is 1.75. The summed E-state index contributed by atoms with van der Waals surface area (Å²) in [6.45, 7) is 0.478. The van der Waals surface area contributed by atoms with E-state index in [1.165, 1.54) is 7.11 Å². The highest BCUT2D eigenvalue weighted by atomic mass is 16.5. The van der Waals surface area contributed by atoms with Crippen molar-refractivity contribution in [1.29, 1.82) is 0 Å². The Morgan fingerprint density at radius 3 is 2.40 bits per heavy atom. The molecule has 0 bridgehead atoms. The van der Waals surface area contributed by atoms with E-state index in [1.807, 2.05) is 42.5 Å². The van der Waals surface area contributed by atoms with Crippen LogP contribution in [-0.4, -0.2) is 13.0 Å². The zero-order valence-electron chi connectivity index (χ0n) is 16.3. The third-order valence-corrected chi connectivity index (χ3v) is 4.72. The van der Waals surface area contributed by atoms with Gasteiger partial charge in [0.15, 0.2) is 5.69 Å². The molecule has 0 radical (unpaired) electrons. The number of carbonyl (C=O) groups excluding carboxylic acids is 1. The number of nitrogens with one attached hydrogen (secondary N) is 2. The third kappa shape index (κ3) is 3.89. The summed E-state index contributed by atoms with van der Waals surface area (Å²) in [6, 6.07) is 23.8. The van der Waals surface area contributed by atoms with Gasteiger partial charge in [0.25, 0.3) is 5.91 Å². The van der Waals surface area contributed by atoms with Crippen LogP contribution in [-0.2, 0) is 6.54 Å². The Morgan fingerprint density at radius 1 is 0.900 bits per heavy atom. The average Bonchev–Trinajstić information content (AvgIpc) is 2.79. The Hall–Kier alpha value is -4.06. The monoisotopic (exact) mass is 400 g/mol. The number of para-hydroxylation sites is 2. The van der Waals surface area contributed by atoms with Crippen molar-refractivity contribution in [2.24, 2.45) is 0 Å². The van der Waals surface area contributed by atoms with Crippen LogP contribution in [0, 0.1) is 0 Å². The van der Waals surface area contributed by atoms with Crippen LogP contribution in [0.25, 0.3) is 11.0 Å². The molecule has 0 atom stereocenters. The second kappa shape index (κ2) is 8.53. The number of fused-ring (bicyclic) bond motifs is 1. The number of amides is 1. The second-order valence-electron chi connectivity index (χ2n) is 6.63. The fraction of sp³-hybridized carbons (Fsp3) is 0.0833. The molecule has 1 aromatic heterocycles. The first-order chi connectivity index (χ1) is 14.7. The van der Waals surface area contributed by atoms with Crippen molar-refractivity contribution >= 4 is 28.3 Å².